The number of thiophene rings is 1. The van der Waals surface area contributed by atoms with Crippen LogP contribution in [0.25, 0.3) is 85.9 Å². The van der Waals surface area contributed by atoms with Gasteiger partial charge in [-0.25, -0.2) is 0 Å². The quantitative estimate of drug-likeness (QED) is 0.188. The Balaban J connectivity index is 1.33. The molecule has 0 saturated carbocycles. The molecule has 9 rings (SSSR count). The van der Waals surface area contributed by atoms with Crippen LogP contribution in [0, 0.1) is 0 Å². The lowest BCUT2D eigenvalue weighted by Gasteiger charge is -2.18. The molecule has 0 aliphatic carbocycles. The van der Waals surface area contributed by atoms with Gasteiger partial charge in [0.1, 0.15) is 0 Å². The van der Waals surface area contributed by atoms with Crippen molar-refractivity contribution < 1.29 is 0 Å². The molecule has 0 spiro atoms. The Morgan fingerprint density at radius 3 is 1.58 bits per heavy atom. The van der Waals surface area contributed by atoms with Crippen molar-refractivity contribution in [2.24, 2.45) is 0 Å². The fourth-order valence-electron chi connectivity index (χ4n) is 6.89. The molecule has 0 N–H and O–H groups in total. The zero-order valence-electron chi connectivity index (χ0n) is 23.4. The Labute approximate surface area is 254 Å². The van der Waals surface area contributed by atoms with Gasteiger partial charge in [-0.05, 0) is 83.9 Å². The lowest BCUT2D eigenvalue weighted by Crippen LogP contribution is -1.91. The molecule has 1 heteroatoms. The summed E-state index contributed by atoms with van der Waals surface area (Å²) in [6.45, 7) is 0. The molecule has 1 heterocycles. The Morgan fingerprint density at radius 2 is 0.884 bits per heavy atom. The molecule has 0 radical (unpaired) electrons. The van der Waals surface area contributed by atoms with Gasteiger partial charge in [0.2, 0.25) is 0 Å². The summed E-state index contributed by atoms with van der Waals surface area (Å²) in [6, 6.07) is 57.9. The molecule has 0 atom stereocenters. The largest absolute Gasteiger partial charge is 0.135 e. The van der Waals surface area contributed by atoms with Crippen molar-refractivity contribution in [3.05, 3.63) is 158 Å². The zero-order chi connectivity index (χ0) is 28.3. The summed E-state index contributed by atoms with van der Waals surface area (Å²) in [4.78, 5) is 0. The van der Waals surface area contributed by atoms with Crippen molar-refractivity contribution in [2.45, 2.75) is 0 Å². The highest BCUT2D eigenvalue weighted by molar-refractivity contribution is 7.26. The molecular weight excluding hydrogens is 537 g/mol. The van der Waals surface area contributed by atoms with Crippen molar-refractivity contribution in [3.63, 3.8) is 0 Å². The highest BCUT2D eigenvalue weighted by Gasteiger charge is 2.18. The Kier molecular flexibility index (Phi) is 5.47. The average Bonchev–Trinajstić information content (AvgIpc) is 3.45. The van der Waals surface area contributed by atoms with Crippen LogP contribution in [0.2, 0.25) is 0 Å². The third kappa shape index (κ3) is 3.82. The van der Waals surface area contributed by atoms with Gasteiger partial charge in [-0.1, -0.05) is 140 Å². The smallest absolute Gasteiger partial charge is 0.0433 e. The van der Waals surface area contributed by atoms with E-state index in [1.165, 1.54) is 85.9 Å². The first-order valence-corrected chi connectivity index (χ1v) is 15.6. The van der Waals surface area contributed by atoms with Gasteiger partial charge in [-0.3, -0.25) is 0 Å². The standard InChI is InChI=1S/C42H26S/c1-2-12-28(13-3-1)32-19-10-20-37-38-26-31(23-24-39(38)43-42(32)37)41-35-17-8-6-15-33(35)40(34-16-7-9-18-36(34)41)30-22-21-27-11-4-5-14-29(27)25-30/h1-26H. The number of hydrogen-bond acceptors (Lipinski definition) is 1. The molecule has 0 amide bonds. The summed E-state index contributed by atoms with van der Waals surface area (Å²) in [5.74, 6) is 0. The van der Waals surface area contributed by atoms with Crippen molar-refractivity contribution in [1.82, 2.24) is 0 Å². The van der Waals surface area contributed by atoms with E-state index in [-0.39, 0.29) is 0 Å². The summed E-state index contributed by atoms with van der Waals surface area (Å²) in [5.41, 5.74) is 7.68. The lowest BCUT2D eigenvalue weighted by atomic mass is 9.85. The van der Waals surface area contributed by atoms with Crippen LogP contribution in [0.15, 0.2) is 158 Å². The second-order valence-corrected chi connectivity index (χ2v) is 12.3. The van der Waals surface area contributed by atoms with E-state index in [1.54, 1.807) is 0 Å². The van der Waals surface area contributed by atoms with E-state index >= 15 is 0 Å². The molecule has 0 saturated heterocycles. The summed E-state index contributed by atoms with van der Waals surface area (Å²) in [7, 11) is 0. The maximum absolute atomic E-state index is 2.42. The van der Waals surface area contributed by atoms with Crippen LogP contribution < -0.4 is 0 Å². The van der Waals surface area contributed by atoms with Gasteiger partial charge < -0.3 is 0 Å². The normalized spacial score (nSPS) is 11.7. The van der Waals surface area contributed by atoms with Crippen LogP contribution in [-0.4, -0.2) is 0 Å². The first-order valence-electron chi connectivity index (χ1n) is 14.8. The van der Waals surface area contributed by atoms with Gasteiger partial charge >= 0.3 is 0 Å². The van der Waals surface area contributed by atoms with E-state index in [2.05, 4.69) is 158 Å². The fraction of sp³-hybridized carbons (Fsp3) is 0. The van der Waals surface area contributed by atoms with Gasteiger partial charge in [-0.2, -0.15) is 0 Å². The van der Waals surface area contributed by atoms with E-state index in [1.807, 2.05) is 11.3 Å². The monoisotopic (exact) mass is 562 g/mol. The van der Waals surface area contributed by atoms with Crippen molar-refractivity contribution in [1.29, 1.82) is 0 Å². The van der Waals surface area contributed by atoms with E-state index in [4.69, 9.17) is 0 Å². The van der Waals surface area contributed by atoms with Crippen molar-refractivity contribution in [2.75, 3.05) is 0 Å². The highest BCUT2D eigenvalue weighted by atomic mass is 32.1. The molecule has 0 bridgehead atoms. The van der Waals surface area contributed by atoms with E-state index in [0.717, 1.165) is 0 Å². The minimum absolute atomic E-state index is 1.25. The molecule has 9 aromatic rings. The number of fused-ring (bicyclic) bond motifs is 6. The molecule has 1 aromatic heterocycles. The van der Waals surface area contributed by atoms with Gasteiger partial charge in [0, 0.05) is 20.2 Å². The maximum Gasteiger partial charge on any atom is 0.0433 e. The van der Waals surface area contributed by atoms with Gasteiger partial charge in [0.05, 0.1) is 0 Å². The molecule has 0 aliphatic heterocycles. The molecular formula is C42H26S. The number of hydrogen-bond donors (Lipinski definition) is 0. The average molecular weight is 563 g/mol. The first-order chi connectivity index (χ1) is 21.3. The fourth-order valence-corrected chi connectivity index (χ4v) is 8.11. The highest BCUT2D eigenvalue weighted by Crippen LogP contribution is 2.46. The maximum atomic E-state index is 2.42. The predicted molar refractivity (Wildman–Crippen MR) is 188 cm³/mol. The van der Waals surface area contributed by atoms with Crippen LogP contribution >= 0.6 is 11.3 Å². The molecule has 0 aliphatic rings. The third-order valence-corrected chi connectivity index (χ3v) is 10.1. The van der Waals surface area contributed by atoms with Crippen LogP contribution in [0.1, 0.15) is 0 Å². The Morgan fingerprint density at radius 1 is 0.326 bits per heavy atom. The van der Waals surface area contributed by atoms with E-state index in [9.17, 15) is 0 Å². The van der Waals surface area contributed by atoms with Crippen LogP contribution in [0.3, 0.4) is 0 Å². The molecule has 8 aromatic carbocycles. The first kappa shape index (κ1) is 24.4. The zero-order valence-corrected chi connectivity index (χ0v) is 24.2. The van der Waals surface area contributed by atoms with E-state index in [0.29, 0.717) is 0 Å². The van der Waals surface area contributed by atoms with Gasteiger partial charge in [0.25, 0.3) is 0 Å². The second kappa shape index (κ2) is 9.66. The SMILES string of the molecule is c1ccc(-c2cccc3c2sc2ccc(-c4c5ccccc5c(-c5ccc6ccccc6c5)c5ccccc45)cc23)cc1. The van der Waals surface area contributed by atoms with E-state index < -0.39 is 0 Å². The Hall–Kier alpha value is -5.24. The third-order valence-electron chi connectivity index (χ3n) is 8.84. The van der Waals surface area contributed by atoms with Crippen LogP contribution in [-0.2, 0) is 0 Å². The van der Waals surface area contributed by atoms with Crippen molar-refractivity contribution >= 4 is 63.8 Å². The van der Waals surface area contributed by atoms with Crippen LogP contribution in [0.4, 0.5) is 0 Å². The molecule has 43 heavy (non-hydrogen) atoms. The molecule has 0 fully saturated rings. The number of benzene rings is 8. The topological polar surface area (TPSA) is 0 Å². The summed E-state index contributed by atoms with van der Waals surface area (Å²) < 4.78 is 2.67. The molecule has 0 unspecified atom stereocenters. The summed E-state index contributed by atoms with van der Waals surface area (Å²) in [6.07, 6.45) is 0. The lowest BCUT2D eigenvalue weighted by molar-refractivity contribution is 1.67. The Bertz CT molecular complexity index is 2440. The summed E-state index contributed by atoms with van der Waals surface area (Å²) >= 11 is 1.89. The number of rotatable bonds is 3. The molecule has 0 nitrogen and oxygen atoms in total. The van der Waals surface area contributed by atoms with Crippen molar-refractivity contribution in [3.8, 4) is 33.4 Å². The minimum Gasteiger partial charge on any atom is -0.135 e. The van der Waals surface area contributed by atoms with Gasteiger partial charge in [-0.15, -0.1) is 11.3 Å². The van der Waals surface area contributed by atoms with Gasteiger partial charge in [0.15, 0.2) is 0 Å². The molecule has 200 valence electrons. The predicted octanol–water partition coefficient (Wildman–Crippen LogP) is 12.5. The second-order valence-electron chi connectivity index (χ2n) is 11.3. The minimum atomic E-state index is 1.25. The van der Waals surface area contributed by atoms with Crippen LogP contribution in [0.5, 0.6) is 0 Å². The summed E-state index contributed by atoms with van der Waals surface area (Å²) in [5, 5.41) is 10.3.